The predicted octanol–water partition coefficient (Wildman–Crippen LogP) is 4.26. The van der Waals surface area contributed by atoms with E-state index in [1.54, 1.807) is 38.5 Å². The van der Waals surface area contributed by atoms with Crippen molar-refractivity contribution in [3.8, 4) is 11.5 Å². The van der Waals surface area contributed by atoms with Crippen molar-refractivity contribution in [1.29, 1.82) is 0 Å². The normalized spacial score (nSPS) is 12.3. The monoisotopic (exact) mass is 362 g/mol. The molecule has 1 heterocycles. The van der Waals surface area contributed by atoms with E-state index < -0.39 is 6.10 Å². The molecule has 0 aliphatic carbocycles. The zero-order valence-corrected chi connectivity index (χ0v) is 13.5. The van der Waals surface area contributed by atoms with Crippen LogP contribution in [-0.2, 0) is 0 Å². The first kappa shape index (κ1) is 14.7. The van der Waals surface area contributed by atoms with Crippen LogP contribution in [0.2, 0.25) is 4.34 Å². The molecule has 0 spiro atoms. The standard InChI is InChI=1S/C13H12BrClO3S/c1-17-9-5-7(8(14)6-10(9)18-2)13(16)11-3-4-12(15)19-11/h3-6,13,16H,1-2H3. The SMILES string of the molecule is COc1cc(Br)c(C(O)c2ccc(Cl)s2)cc1OC. The molecule has 0 aliphatic heterocycles. The number of rotatable bonds is 4. The Kier molecular flexibility index (Phi) is 4.73. The molecule has 3 nitrogen and oxygen atoms in total. The molecule has 1 aromatic heterocycles. The molecule has 0 amide bonds. The molecular formula is C13H12BrClO3S. The minimum Gasteiger partial charge on any atom is -0.493 e. The molecule has 0 bridgehead atoms. The third kappa shape index (κ3) is 3.05. The van der Waals surface area contributed by atoms with Crippen LogP contribution in [0.15, 0.2) is 28.7 Å². The van der Waals surface area contributed by atoms with Crippen LogP contribution in [0.25, 0.3) is 0 Å². The molecule has 19 heavy (non-hydrogen) atoms. The molecule has 0 saturated carbocycles. The molecule has 0 radical (unpaired) electrons. The maximum Gasteiger partial charge on any atom is 0.161 e. The first-order chi connectivity index (χ1) is 9.06. The zero-order chi connectivity index (χ0) is 14.0. The van der Waals surface area contributed by atoms with Gasteiger partial charge in [-0.2, -0.15) is 0 Å². The van der Waals surface area contributed by atoms with Gasteiger partial charge in [0, 0.05) is 14.9 Å². The van der Waals surface area contributed by atoms with Crippen LogP contribution in [-0.4, -0.2) is 19.3 Å². The number of benzene rings is 1. The van der Waals surface area contributed by atoms with Gasteiger partial charge in [-0.05, 0) is 24.3 Å². The van der Waals surface area contributed by atoms with Crippen molar-refractivity contribution >= 4 is 38.9 Å². The van der Waals surface area contributed by atoms with E-state index in [2.05, 4.69) is 15.9 Å². The summed E-state index contributed by atoms with van der Waals surface area (Å²) in [6.45, 7) is 0. The fourth-order valence-electron chi connectivity index (χ4n) is 1.71. The molecule has 0 saturated heterocycles. The van der Waals surface area contributed by atoms with Gasteiger partial charge < -0.3 is 14.6 Å². The van der Waals surface area contributed by atoms with Crippen LogP contribution in [0.5, 0.6) is 11.5 Å². The van der Waals surface area contributed by atoms with Crippen molar-refractivity contribution in [2.75, 3.05) is 14.2 Å². The van der Waals surface area contributed by atoms with Crippen molar-refractivity contribution < 1.29 is 14.6 Å². The van der Waals surface area contributed by atoms with Crippen molar-refractivity contribution in [2.45, 2.75) is 6.10 Å². The van der Waals surface area contributed by atoms with Crippen molar-refractivity contribution in [2.24, 2.45) is 0 Å². The van der Waals surface area contributed by atoms with E-state index >= 15 is 0 Å². The second kappa shape index (κ2) is 6.13. The number of aliphatic hydroxyl groups is 1. The van der Waals surface area contributed by atoms with Crippen LogP contribution < -0.4 is 9.47 Å². The highest BCUT2D eigenvalue weighted by molar-refractivity contribution is 9.10. The Balaban J connectivity index is 2.44. The van der Waals surface area contributed by atoms with Crippen LogP contribution in [0, 0.1) is 0 Å². The zero-order valence-electron chi connectivity index (χ0n) is 10.3. The Hall–Kier alpha value is -0.750. The number of ether oxygens (including phenoxy) is 2. The topological polar surface area (TPSA) is 38.7 Å². The first-order valence-corrected chi connectivity index (χ1v) is 7.40. The summed E-state index contributed by atoms with van der Waals surface area (Å²) in [6.07, 6.45) is -0.758. The summed E-state index contributed by atoms with van der Waals surface area (Å²) >= 11 is 10.7. The van der Waals surface area contributed by atoms with E-state index in [0.717, 1.165) is 9.35 Å². The Morgan fingerprint density at radius 1 is 1.21 bits per heavy atom. The summed E-state index contributed by atoms with van der Waals surface area (Å²) in [5, 5.41) is 10.4. The lowest BCUT2D eigenvalue weighted by Gasteiger charge is -2.15. The average molecular weight is 364 g/mol. The quantitative estimate of drug-likeness (QED) is 0.882. The summed E-state index contributed by atoms with van der Waals surface area (Å²) in [4.78, 5) is 0.776. The second-order valence-electron chi connectivity index (χ2n) is 3.77. The largest absolute Gasteiger partial charge is 0.493 e. The van der Waals surface area contributed by atoms with Gasteiger partial charge in [0.15, 0.2) is 11.5 Å². The Labute approximate surface area is 128 Å². The highest BCUT2D eigenvalue weighted by atomic mass is 79.9. The van der Waals surface area contributed by atoms with Gasteiger partial charge in [-0.25, -0.2) is 0 Å². The summed E-state index contributed by atoms with van der Waals surface area (Å²) in [6, 6.07) is 7.09. The third-order valence-electron chi connectivity index (χ3n) is 2.66. The average Bonchev–Trinajstić information content (AvgIpc) is 2.84. The fraction of sp³-hybridized carbons (Fsp3) is 0.231. The number of aliphatic hydroxyl groups excluding tert-OH is 1. The number of thiophene rings is 1. The van der Waals surface area contributed by atoms with Crippen molar-refractivity contribution in [1.82, 2.24) is 0 Å². The highest BCUT2D eigenvalue weighted by Gasteiger charge is 2.19. The van der Waals surface area contributed by atoms with E-state index in [-0.39, 0.29) is 0 Å². The fourth-order valence-corrected chi connectivity index (χ4v) is 3.31. The van der Waals surface area contributed by atoms with Crippen LogP contribution in [0.3, 0.4) is 0 Å². The van der Waals surface area contributed by atoms with Gasteiger partial charge >= 0.3 is 0 Å². The van der Waals surface area contributed by atoms with E-state index in [1.165, 1.54) is 11.3 Å². The Morgan fingerprint density at radius 2 is 1.84 bits per heavy atom. The number of halogens is 2. The first-order valence-electron chi connectivity index (χ1n) is 5.41. The Morgan fingerprint density at radius 3 is 2.37 bits per heavy atom. The van der Waals surface area contributed by atoms with Gasteiger partial charge in [-0.1, -0.05) is 27.5 Å². The van der Waals surface area contributed by atoms with Gasteiger partial charge in [0.2, 0.25) is 0 Å². The molecule has 0 aliphatic rings. The smallest absolute Gasteiger partial charge is 0.161 e. The van der Waals surface area contributed by atoms with Crippen LogP contribution in [0.4, 0.5) is 0 Å². The second-order valence-corrected chi connectivity index (χ2v) is 6.37. The molecule has 1 unspecified atom stereocenters. The summed E-state index contributed by atoms with van der Waals surface area (Å²) in [7, 11) is 3.13. The van der Waals surface area contributed by atoms with Gasteiger partial charge in [-0.3, -0.25) is 0 Å². The number of hydrogen-bond donors (Lipinski definition) is 1. The lowest BCUT2D eigenvalue weighted by Crippen LogP contribution is -2.00. The summed E-state index contributed by atoms with van der Waals surface area (Å²) in [5.74, 6) is 1.18. The lowest BCUT2D eigenvalue weighted by molar-refractivity contribution is 0.222. The molecule has 2 aromatic rings. The molecule has 0 fully saturated rings. The maximum absolute atomic E-state index is 10.4. The molecule has 1 aromatic carbocycles. The van der Waals surface area contributed by atoms with Gasteiger partial charge in [0.25, 0.3) is 0 Å². The molecular weight excluding hydrogens is 352 g/mol. The van der Waals surface area contributed by atoms with Crippen molar-refractivity contribution in [3.63, 3.8) is 0 Å². The maximum atomic E-state index is 10.4. The van der Waals surface area contributed by atoms with Gasteiger partial charge in [0.1, 0.15) is 6.10 Å². The minimum absolute atomic E-state index is 0.572. The molecule has 6 heteroatoms. The number of hydrogen-bond acceptors (Lipinski definition) is 4. The van der Waals surface area contributed by atoms with Gasteiger partial charge in [-0.15, -0.1) is 11.3 Å². The molecule has 1 N–H and O–H groups in total. The van der Waals surface area contributed by atoms with Gasteiger partial charge in [0.05, 0.1) is 18.6 Å². The molecule has 2 rings (SSSR count). The van der Waals surface area contributed by atoms with Crippen LogP contribution in [0.1, 0.15) is 16.5 Å². The summed E-state index contributed by atoms with van der Waals surface area (Å²) in [5.41, 5.74) is 0.705. The predicted molar refractivity (Wildman–Crippen MR) is 80.6 cm³/mol. The van der Waals surface area contributed by atoms with Crippen LogP contribution >= 0.6 is 38.9 Å². The number of methoxy groups -OCH3 is 2. The van der Waals surface area contributed by atoms with E-state index in [9.17, 15) is 5.11 Å². The minimum atomic E-state index is -0.758. The van der Waals surface area contributed by atoms with E-state index in [4.69, 9.17) is 21.1 Å². The molecule has 1 atom stereocenters. The van der Waals surface area contributed by atoms with E-state index in [0.29, 0.717) is 21.4 Å². The lowest BCUT2D eigenvalue weighted by atomic mass is 10.1. The highest BCUT2D eigenvalue weighted by Crippen LogP contribution is 2.39. The summed E-state index contributed by atoms with van der Waals surface area (Å²) < 4.78 is 11.8. The third-order valence-corrected chi connectivity index (χ3v) is 4.63. The van der Waals surface area contributed by atoms with Crippen molar-refractivity contribution in [3.05, 3.63) is 43.5 Å². The Bertz CT molecular complexity index is 585. The van der Waals surface area contributed by atoms with E-state index in [1.807, 2.05) is 0 Å². The molecule has 102 valence electrons.